The van der Waals surface area contributed by atoms with Gasteiger partial charge in [0.25, 0.3) is 0 Å². The summed E-state index contributed by atoms with van der Waals surface area (Å²) in [5.41, 5.74) is 0. The largest absolute Gasteiger partial charge is 0.352 e. The second-order valence-electron chi connectivity index (χ2n) is 2.72. The molecule has 0 spiro atoms. The summed E-state index contributed by atoms with van der Waals surface area (Å²) in [7, 11) is 0. The van der Waals surface area contributed by atoms with Gasteiger partial charge < -0.3 is 9.13 Å². The maximum absolute atomic E-state index is 3.98. The Kier molecular flexibility index (Phi) is 1.94. The number of hydrogen-bond donors (Lipinski definition) is 0. The molecule has 0 N–H and O–H groups in total. The molecule has 62 valence electrons. The Balaban J connectivity index is 1.91. The zero-order valence-corrected chi connectivity index (χ0v) is 6.80. The minimum atomic E-state index is 0.981. The zero-order chi connectivity index (χ0) is 8.23. The summed E-state index contributed by atoms with van der Waals surface area (Å²) in [5, 5.41) is 0. The molecule has 0 fully saturated rings. The van der Waals surface area contributed by atoms with E-state index in [9.17, 15) is 0 Å². The zero-order valence-electron chi connectivity index (χ0n) is 6.80. The van der Waals surface area contributed by atoms with Gasteiger partial charge in [-0.25, -0.2) is 4.98 Å². The van der Waals surface area contributed by atoms with Gasteiger partial charge in [-0.05, 0) is 12.1 Å². The minimum Gasteiger partial charge on any atom is -0.352 e. The number of aryl methyl sites for hydroxylation is 2. The first-order valence-corrected chi connectivity index (χ1v) is 4.01. The van der Waals surface area contributed by atoms with Crippen LogP contribution in [0.5, 0.6) is 0 Å². The van der Waals surface area contributed by atoms with Gasteiger partial charge in [-0.2, -0.15) is 0 Å². The van der Waals surface area contributed by atoms with E-state index in [0.29, 0.717) is 0 Å². The van der Waals surface area contributed by atoms with E-state index in [2.05, 4.69) is 26.5 Å². The lowest BCUT2D eigenvalue weighted by Gasteiger charge is -2.02. The molecule has 0 radical (unpaired) electrons. The number of nitrogens with zero attached hydrogens (tertiary/aromatic N) is 3. The first kappa shape index (κ1) is 7.16. The maximum atomic E-state index is 3.98. The summed E-state index contributed by atoms with van der Waals surface area (Å²) in [6, 6.07) is 4.07. The number of rotatable bonds is 3. The van der Waals surface area contributed by atoms with Crippen molar-refractivity contribution in [1.29, 1.82) is 0 Å². The summed E-state index contributed by atoms with van der Waals surface area (Å²) < 4.78 is 4.22. The average molecular weight is 161 g/mol. The van der Waals surface area contributed by atoms with E-state index in [1.165, 1.54) is 0 Å². The molecular formula is C9H11N3. The highest BCUT2D eigenvalue weighted by molar-refractivity contribution is 4.90. The van der Waals surface area contributed by atoms with Crippen molar-refractivity contribution in [2.45, 2.75) is 13.1 Å². The van der Waals surface area contributed by atoms with Crippen LogP contribution in [0.4, 0.5) is 0 Å². The highest BCUT2D eigenvalue weighted by Gasteiger charge is 1.89. The molecule has 0 amide bonds. The Labute approximate surface area is 71.3 Å². The van der Waals surface area contributed by atoms with E-state index in [1.54, 1.807) is 6.20 Å². The molecule has 0 bridgehead atoms. The monoisotopic (exact) mass is 161 g/mol. The Hall–Kier alpha value is -1.51. The van der Waals surface area contributed by atoms with Gasteiger partial charge in [0.15, 0.2) is 0 Å². The van der Waals surface area contributed by atoms with E-state index in [4.69, 9.17) is 0 Å². The molecule has 0 aliphatic heterocycles. The van der Waals surface area contributed by atoms with E-state index in [-0.39, 0.29) is 0 Å². The fourth-order valence-electron chi connectivity index (χ4n) is 1.17. The van der Waals surface area contributed by atoms with Crippen LogP contribution in [0.3, 0.4) is 0 Å². The van der Waals surface area contributed by atoms with Gasteiger partial charge in [-0.3, -0.25) is 0 Å². The lowest BCUT2D eigenvalue weighted by molar-refractivity contribution is 0.580. The fourth-order valence-corrected chi connectivity index (χ4v) is 1.17. The van der Waals surface area contributed by atoms with Crippen molar-refractivity contribution in [2.24, 2.45) is 0 Å². The Morgan fingerprint density at radius 1 is 0.917 bits per heavy atom. The number of imidazole rings is 1. The molecule has 0 saturated carbocycles. The van der Waals surface area contributed by atoms with Gasteiger partial charge >= 0.3 is 0 Å². The van der Waals surface area contributed by atoms with Gasteiger partial charge in [0.2, 0.25) is 0 Å². The molecule has 3 heteroatoms. The average Bonchev–Trinajstić information content (AvgIpc) is 2.74. The third-order valence-electron chi connectivity index (χ3n) is 1.84. The lowest BCUT2D eigenvalue weighted by atomic mass is 10.6. The molecule has 0 atom stereocenters. The Morgan fingerprint density at radius 2 is 1.67 bits per heavy atom. The second-order valence-corrected chi connectivity index (χ2v) is 2.72. The van der Waals surface area contributed by atoms with Crippen LogP contribution in [-0.2, 0) is 13.1 Å². The topological polar surface area (TPSA) is 22.8 Å². The molecule has 0 aliphatic rings. The molecule has 2 aromatic heterocycles. The highest BCUT2D eigenvalue weighted by Crippen LogP contribution is 1.92. The van der Waals surface area contributed by atoms with Crippen LogP contribution in [0.2, 0.25) is 0 Å². The molecule has 3 nitrogen and oxygen atoms in total. The van der Waals surface area contributed by atoms with Crippen LogP contribution >= 0.6 is 0 Å². The summed E-state index contributed by atoms with van der Waals surface area (Å²) in [4.78, 5) is 3.98. The summed E-state index contributed by atoms with van der Waals surface area (Å²) in [6.07, 6.45) is 9.75. The van der Waals surface area contributed by atoms with Crippen molar-refractivity contribution in [3.05, 3.63) is 43.2 Å². The SMILES string of the molecule is c1ccn(CCn2ccnc2)c1. The maximum Gasteiger partial charge on any atom is 0.0946 e. The van der Waals surface area contributed by atoms with Gasteiger partial charge in [-0.1, -0.05) is 0 Å². The Bertz CT molecular complexity index is 273. The van der Waals surface area contributed by atoms with Gasteiger partial charge in [0.05, 0.1) is 6.33 Å². The Morgan fingerprint density at radius 3 is 2.33 bits per heavy atom. The molecule has 0 aromatic carbocycles. The summed E-state index contributed by atoms with van der Waals surface area (Å²) >= 11 is 0. The van der Waals surface area contributed by atoms with Crippen LogP contribution < -0.4 is 0 Å². The van der Waals surface area contributed by atoms with Crippen LogP contribution in [-0.4, -0.2) is 14.1 Å². The standard InChI is InChI=1S/C9H11N3/c1-2-5-11(4-1)7-8-12-6-3-10-9-12/h1-6,9H,7-8H2. The molecule has 12 heavy (non-hydrogen) atoms. The van der Waals surface area contributed by atoms with Crippen molar-refractivity contribution >= 4 is 0 Å². The van der Waals surface area contributed by atoms with Crippen molar-refractivity contribution in [1.82, 2.24) is 14.1 Å². The summed E-state index contributed by atoms with van der Waals surface area (Å²) in [5.74, 6) is 0. The summed E-state index contributed by atoms with van der Waals surface area (Å²) in [6.45, 7) is 1.98. The minimum absolute atomic E-state index is 0.981. The van der Waals surface area contributed by atoms with E-state index >= 15 is 0 Å². The number of aromatic nitrogens is 3. The fraction of sp³-hybridized carbons (Fsp3) is 0.222. The third kappa shape index (κ3) is 1.56. The molecule has 0 saturated heterocycles. The van der Waals surface area contributed by atoms with Gasteiger partial charge in [0, 0.05) is 37.9 Å². The smallest absolute Gasteiger partial charge is 0.0946 e. The first-order valence-electron chi connectivity index (χ1n) is 4.01. The van der Waals surface area contributed by atoms with Crippen molar-refractivity contribution in [2.75, 3.05) is 0 Å². The quantitative estimate of drug-likeness (QED) is 0.667. The van der Waals surface area contributed by atoms with E-state index in [1.807, 2.05) is 24.7 Å². The molecule has 2 rings (SSSR count). The molecule has 2 heterocycles. The highest BCUT2D eigenvalue weighted by atomic mass is 15.1. The van der Waals surface area contributed by atoms with Crippen LogP contribution in [0.15, 0.2) is 43.2 Å². The lowest BCUT2D eigenvalue weighted by Crippen LogP contribution is -2.03. The van der Waals surface area contributed by atoms with Crippen molar-refractivity contribution in [3.63, 3.8) is 0 Å². The number of hydrogen-bond acceptors (Lipinski definition) is 1. The normalized spacial score (nSPS) is 10.3. The van der Waals surface area contributed by atoms with Crippen molar-refractivity contribution in [3.8, 4) is 0 Å². The van der Waals surface area contributed by atoms with Crippen LogP contribution in [0.1, 0.15) is 0 Å². The molecule has 0 unspecified atom stereocenters. The van der Waals surface area contributed by atoms with Crippen LogP contribution in [0, 0.1) is 0 Å². The molecule has 0 aliphatic carbocycles. The third-order valence-corrected chi connectivity index (χ3v) is 1.84. The first-order chi connectivity index (χ1) is 5.95. The van der Waals surface area contributed by atoms with Crippen LogP contribution in [0.25, 0.3) is 0 Å². The second kappa shape index (κ2) is 3.26. The predicted molar refractivity (Wildman–Crippen MR) is 46.7 cm³/mol. The van der Waals surface area contributed by atoms with Gasteiger partial charge in [-0.15, -0.1) is 0 Å². The predicted octanol–water partition coefficient (Wildman–Crippen LogP) is 1.38. The van der Waals surface area contributed by atoms with Gasteiger partial charge in [0.1, 0.15) is 0 Å². The van der Waals surface area contributed by atoms with E-state index in [0.717, 1.165) is 13.1 Å². The molecule has 2 aromatic rings. The van der Waals surface area contributed by atoms with E-state index < -0.39 is 0 Å². The molecular weight excluding hydrogens is 150 g/mol. The van der Waals surface area contributed by atoms with Crippen molar-refractivity contribution < 1.29 is 0 Å².